The number of piperidine rings is 1. The topological polar surface area (TPSA) is 68.3 Å². The summed E-state index contributed by atoms with van der Waals surface area (Å²) in [5, 5.41) is 7.96. The molecule has 0 unspecified atom stereocenters. The summed E-state index contributed by atoms with van der Waals surface area (Å²) in [5.41, 5.74) is -1.92. The summed E-state index contributed by atoms with van der Waals surface area (Å²) in [7, 11) is 1.68. The molecule has 3 aromatic heterocycles. The molecule has 6 rings (SSSR count). The van der Waals surface area contributed by atoms with Gasteiger partial charge in [-0.1, -0.05) is 25.1 Å². The van der Waals surface area contributed by atoms with Crippen molar-refractivity contribution in [2.24, 2.45) is 13.0 Å². The molecule has 12 heteroatoms. The third kappa shape index (κ3) is 4.92. The molecule has 7 nitrogen and oxygen atoms in total. The van der Waals surface area contributed by atoms with Crippen LogP contribution >= 0.6 is 0 Å². The van der Waals surface area contributed by atoms with E-state index < -0.39 is 47.1 Å². The van der Waals surface area contributed by atoms with Crippen LogP contribution in [-0.2, 0) is 25.2 Å². The van der Waals surface area contributed by atoms with E-state index in [4.69, 9.17) is 0 Å². The lowest BCUT2D eigenvalue weighted by Gasteiger charge is -2.46. The Kier molecular flexibility index (Phi) is 6.51. The smallest absolute Gasteiger partial charge is 0.320 e. The largest absolute Gasteiger partial charge is 0.419 e. The summed E-state index contributed by atoms with van der Waals surface area (Å²) in [6.45, 7) is 3.94. The van der Waals surface area contributed by atoms with E-state index in [0.717, 1.165) is 42.6 Å². The number of nitrogens with zero attached hydrogens (tertiary/aromatic N) is 6. The second-order valence-corrected chi connectivity index (χ2v) is 11.6. The van der Waals surface area contributed by atoms with Crippen molar-refractivity contribution < 1.29 is 22.0 Å². The minimum absolute atomic E-state index is 0.0698. The average Bonchev–Trinajstić information content (AvgIpc) is 3.33. The fraction of sp³-hybridized carbons (Fsp3) is 0.448. The maximum Gasteiger partial charge on any atom is 0.419 e. The van der Waals surface area contributed by atoms with E-state index in [-0.39, 0.29) is 12.1 Å². The first-order valence-corrected chi connectivity index (χ1v) is 13.5. The highest BCUT2D eigenvalue weighted by Gasteiger charge is 2.60. The fourth-order valence-electron chi connectivity index (χ4n) is 6.45. The highest BCUT2D eigenvalue weighted by Crippen LogP contribution is 2.56. The number of hydrogen-bond acceptors (Lipinski definition) is 5. The molecule has 1 saturated carbocycles. The van der Waals surface area contributed by atoms with Crippen LogP contribution in [-0.4, -0.2) is 48.1 Å². The van der Waals surface area contributed by atoms with Crippen molar-refractivity contribution in [3.63, 3.8) is 0 Å². The van der Waals surface area contributed by atoms with Gasteiger partial charge in [0, 0.05) is 45.4 Å². The quantitative estimate of drug-likeness (QED) is 0.298. The predicted octanol–water partition coefficient (Wildman–Crippen LogP) is 5.46. The summed E-state index contributed by atoms with van der Waals surface area (Å²) >= 11 is 0. The highest BCUT2D eigenvalue weighted by molar-refractivity contribution is 5.66. The van der Waals surface area contributed by atoms with Crippen LogP contribution in [0.5, 0.6) is 0 Å². The van der Waals surface area contributed by atoms with Gasteiger partial charge in [0.15, 0.2) is 5.65 Å². The van der Waals surface area contributed by atoms with Crippen molar-refractivity contribution >= 4 is 5.65 Å². The highest BCUT2D eigenvalue weighted by atomic mass is 19.4. The Morgan fingerprint density at radius 3 is 2.59 bits per heavy atom. The van der Waals surface area contributed by atoms with Gasteiger partial charge in [-0.3, -0.25) is 14.1 Å². The van der Waals surface area contributed by atoms with E-state index in [1.807, 2.05) is 0 Å². The number of fused-ring (bicyclic) bond motifs is 1. The van der Waals surface area contributed by atoms with Crippen molar-refractivity contribution in [1.82, 2.24) is 29.0 Å². The molecule has 4 heterocycles. The second-order valence-electron chi connectivity index (χ2n) is 11.6. The zero-order valence-electron chi connectivity index (χ0n) is 22.6. The van der Waals surface area contributed by atoms with Crippen molar-refractivity contribution in [2.75, 3.05) is 13.1 Å². The third-order valence-electron chi connectivity index (χ3n) is 8.30. The molecule has 4 aromatic rings. The lowest BCUT2D eigenvalue weighted by Crippen LogP contribution is -2.51. The van der Waals surface area contributed by atoms with Crippen LogP contribution < -0.4 is 5.56 Å². The van der Waals surface area contributed by atoms with Crippen molar-refractivity contribution in [2.45, 2.75) is 56.7 Å². The van der Waals surface area contributed by atoms with Crippen molar-refractivity contribution in [3.8, 4) is 11.1 Å². The van der Waals surface area contributed by atoms with E-state index in [1.54, 1.807) is 35.9 Å². The van der Waals surface area contributed by atoms with Gasteiger partial charge in [0.2, 0.25) is 0 Å². The zero-order valence-corrected chi connectivity index (χ0v) is 22.6. The molecule has 1 aliphatic heterocycles. The first-order chi connectivity index (χ1) is 19.4. The van der Waals surface area contributed by atoms with E-state index in [2.05, 4.69) is 27.0 Å². The van der Waals surface area contributed by atoms with Gasteiger partial charge in [-0.15, -0.1) is 10.2 Å². The van der Waals surface area contributed by atoms with Gasteiger partial charge < -0.3 is 4.57 Å². The number of alkyl halides is 5. The van der Waals surface area contributed by atoms with Crippen molar-refractivity contribution in [1.29, 1.82) is 0 Å². The summed E-state index contributed by atoms with van der Waals surface area (Å²) < 4.78 is 73.4. The summed E-state index contributed by atoms with van der Waals surface area (Å²) in [4.78, 5) is 19.9. The second kappa shape index (κ2) is 9.71. The Bertz CT molecular complexity index is 1670. The Balaban J connectivity index is 1.45. The molecule has 0 bridgehead atoms. The van der Waals surface area contributed by atoms with Gasteiger partial charge in [0.1, 0.15) is 12.2 Å². The van der Waals surface area contributed by atoms with Crippen LogP contribution in [0.1, 0.15) is 55.1 Å². The Morgan fingerprint density at radius 1 is 1.15 bits per heavy atom. The monoisotopic (exact) mass is 572 g/mol. The Hall–Kier alpha value is -3.67. The number of rotatable bonds is 5. The molecule has 0 N–H and O–H groups in total. The van der Waals surface area contributed by atoms with Crippen LogP contribution in [0.25, 0.3) is 16.8 Å². The van der Waals surface area contributed by atoms with Gasteiger partial charge >= 0.3 is 6.18 Å². The number of likely N-dealkylation sites (tertiary alicyclic amines) is 1. The molecule has 2 aliphatic rings. The molecule has 0 spiro atoms. The molecule has 1 aliphatic carbocycles. The first kappa shape index (κ1) is 27.5. The van der Waals surface area contributed by atoms with Crippen LogP contribution in [0.2, 0.25) is 0 Å². The fourth-order valence-corrected chi connectivity index (χ4v) is 6.45. The van der Waals surface area contributed by atoms with Gasteiger partial charge in [-0.2, -0.15) is 13.2 Å². The normalized spacial score (nSPS) is 20.7. The van der Waals surface area contributed by atoms with Gasteiger partial charge in [0.05, 0.1) is 16.5 Å². The van der Waals surface area contributed by atoms with E-state index in [9.17, 15) is 26.7 Å². The number of pyridine rings is 1. The molecular weight excluding hydrogens is 543 g/mol. The predicted molar refractivity (Wildman–Crippen MR) is 142 cm³/mol. The minimum atomic E-state index is -4.71. The number of aryl methyl sites for hydroxylation is 1. The molecule has 41 heavy (non-hydrogen) atoms. The number of halogens is 5. The Labute approximate surface area is 232 Å². The van der Waals surface area contributed by atoms with Crippen molar-refractivity contribution in [3.05, 3.63) is 81.9 Å². The molecule has 1 saturated heterocycles. The standard InChI is InChI=1S/C29H29F5N6O/c1-18-5-4-8-39(12-18)13-19-9-23(29(32,33)34)24-35-11-22(25(41)40(24)14-19)20-6-3-7-21(10-20)27(15-28(30,31)16-27)26-37-36-17-38(26)2/h3,6-7,9-11,14,17-18H,4-5,8,12-13,15-16H2,1-2H3/t18-/m0/s1. The Morgan fingerprint density at radius 2 is 1.93 bits per heavy atom. The average molecular weight is 573 g/mol. The molecule has 2 fully saturated rings. The molecule has 0 radical (unpaired) electrons. The van der Waals surface area contributed by atoms with Crippen LogP contribution in [0.3, 0.4) is 0 Å². The number of hydrogen-bond donors (Lipinski definition) is 0. The number of benzene rings is 1. The molecular formula is C29H29F5N6O. The van der Waals surface area contributed by atoms with Crippen LogP contribution in [0, 0.1) is 5.92 Å². The van der Waals surface area contributed by atoms with E-state index >= 15 is 0 Å². The van der Waals surface area contributed by atoms with Gasteiger partial charge in [0.25, 0.3) is 11.5 Å². The van der Waals surface area contributed by atoms with Gasteiger partial charge in [-0.05, 0) is 54.1 Å². The van der Waals surface area contributed by atoms with E-state index in [1.165, 1.54) is 12.5 Å². The summed E-state index contributed by atoms with van der Waals surface area (Å²) in [6.07, 6.45) is 0.375. The maximum atomic E-state index is 14.2. The van der Waals surface area contributed by atoms with Crippen LogP contribution in [0.15, 0.2) is 53.8 Å². The minimum Gasteiger partial charge on any atom is -0.320 e. The maximum absolute atomic E-state index is 14.2. The zero-order chi connectivity index (χ0) is 29.2. The third-order valence-corrected chi connectivity index (χ3v) is 8.30. The molecule has 1 aromatic carbocycles. The molecule has 216 valence electrons. The molecule has 1 atom stereocenters. The first-order valence-electron chi connectivity index (χ1n) is 13.5. The lowest BCUT2D eigenvalue weighted by molar-refractivity contribution is -0.136. The number of aromatic nitrogens is 5. The SMILES string of the molecule is C[C@H]1CCCN(Cc2cc(C(F)(F)F)c3ncc(-c4cccc(C5(c6nncn6C)CC(F)(F)C5)c4)c(=O)n3c2)C1. The van der Waals surface area contributed by atoms with Crippen LogP contribution in [0.4, 0.5) is 22.0 Å². The lowest BCUT2D eigenvalue weighted by atomic mass is 9.61. The van der Waals surface area contributed by atoms with E-state index in [0.29, 0.717) is 28.4 Å². The summed E-state index contributed by atoms with van der Waals surface area (Å²) in [6, 6.07) is 7.65. The van der Waals surface area contributed by atoms with Gasteiger partial charge in [-0.25, -0.2) is 13.8 Å². The summed E-state index contributed by atoms with van der Waals surface area (Å²) in [5.74, 6) is -2.07. The molecule has 0 amide bonds.